The van der Waals surface area contributed by atoms with Crippen LogP contribution in [0.25, 0.3) is 0 Å². The zero-order chi connectivity index (χ0) is 11.0. The largest absolute Gasteiger partial charge is 0.460 e. The van der Waals surface area contributed by atoms with Crippen molar-refractivity contribution < 1.29 is 14.6 Å². The Morgan fingerprint density at radius 1 is 1.57 bits per heavy atom. The van der Waals surface area contributed by atoms with Gasteiger partial charge in [0.2, 0.25) is 0 Å². The number of ether oxygens (including phenoxy) is 1. The highest BCUT2D eigenvalue weighted by molar-refractivity contribution is 5.74. The van der Waals surface area contributed by atoms with Crippen molar-refractivity contribution in [1.82, 2.24) is 0 Å². The topological polar surface area (TPSA) is 72.5 Å². The molecule has 14 heavy (non-hydrogen) atoms. The van der Waals surface area contributed by atoms with Crippen LogP contribution >= 0.6 is 0 Å². The number of hydrogen-bond donors (Lipinski definition) is 2. The van der Waals surface area contributed by atoms with Crippen molar-refractivity contribution in [3.63, 3.8) is 0 Å². The van der Waals surface area contributed by atoms with Crippen molar-refractivity contribution in [3.8, 4) is 0 Å². The summed E-state index contributed by atoms with van der Waals surface area (Å²) in [6, 6.07) is 0. The van der Waals surface area contributed by atoms with Gasteiger partial charge in [-0.3, -0.25) is 4.79 Å². The van der Waals surface area contributed by atoms with Gasteiger partial charge in [-0.15, -0.1) is 0 Å². The van der Waals surface area contributed by atoms with Crippen LogP contribution in [-0.4, -0.2) is 28.8 Å². The molecule has 0 bridgehead atoms. The lowest BCUT2D eigenvalue weighted by molar-refractivity contribution is -0.166. The van der Waals surface area contributed by atoms with E-state index in [0.29, 0.717) is 12.8 Å². The maximum Gasteiger partial charge on any atom is 0.309 e. The van der Waals surface area contributed by atoms with Gasteiger partial charge in [0.05, 0.1) is 12.5 Å². The summed E-state index contributed by atoms with van der Waals surface area (Å²) in [5, 5.41) is 8.90. The van der Waals surface area contributed by atoms with Crippen LogP contribution in [0.3, 0.4) is 0 Å². The summed E-state index contributed by atoms with van der Waals surface area (Å²) >= 11 is 0. The minimum Gasteiger partial charge on any atom is -0.460 e. The Kier molecular flexibility index (Phi) is 2.88. The summed E-state index contributed by atoms with van der Waals surface area (Å²) in [5.74, 6) is -0.335. The Hall–Kier alpha value is -0.610. The third-order valence-electron chi connectivity index (χ3n) is 2.36. The standard InChI is InChI=1S/C10H19NO3/c1-9(2,3)14-8(13)7-4-10(11,5-7)6-12/h7,12H,4-6,11H2,1-3H3. The highest BCUT2D eigenvalue weighted by atomic mass is 16.6. The summed E-state index contributed by atoms with van der Waals surface area (Å²) in [5.41, 5.74) is 4.74. The van der Waals surface area contributed by atoms with Gasteiger partial charge >= 0.3 is 5.97 Å². The molecule has 0 atom stereocenters. The first kappa shape index (κ1) is 11.5. The van der Waals surface area contributed by atoms with E-state index in [2.05, 4.69) is 0 Å². The van der Waals surface area contributed by atoms with Gasteiger partial charge < -0.3 is 15.6 Å². The van der Waals surface area contributed by atoms with Crippen LogP contribution in [0, 0.1) is 5.92 Å². The average molecular weight is 201 g/mol. The second kappa shape index (κ2) is 3.51. The molecule has 0 amide bonds. The predicted octanol–water partition coefficient (Wildman–Crippen LogP) is 0.428. The molecule has 0 heterocycles. The summed E-state index contributed by atoms with van der Waals surface area (Å²) in [6.07, 6.45) is 1.05. The molecule has 0 aromatic carbocycles. The Bertz CT molecular complexity index is 226. The average Bonchev–Trinajstić information content (AvgIpc) is 1.95. The van der Waals surface area contributed by atoms with E-state index in [1.807, 2.05) is 20.8 Å². The number of hydrogen-bond acceptors (Lipinski definition) is 4. The molecule has 1 rings (SSSR count). The van der Waals surface area contributed by atoms with Gasteiger partial charge in [0, 0.05) is 5.54 Å². The molecule has 1 aliphatic rings. The van der Waals surface area contributed by atoms with Crippen molar-refractivity contribution >= 4 is 5.97 Å². The molecule has 82 valence electrons. The van der Waals surface area contributed by atoms with Crippen LogP contribution in [0.5, 0.6) is 0 Å². The van der Waals surface area contributed by atoms with Crippen LogP contribution in [0.1, 0.15) is 33.6 Å². The Labute approximate surface area is 84.4 Å². The van der Waals surface area contributed by atoms with E-state index >= 15 is 0 Å². The molecule has 0 aromatic heterocycles. The molecule has 0 aromatic rings. The SMILES string of the molecule is CC(C)(C)OC(=O)C1CC(N)(CO)C1. The number of rotatable bonds is 2. The molecule has 0 saturated heterocycles. The molecule has 0 aliphatic heterocycles. The molecule has 0 unspecified atom stereocenters. The minimum absolute atomic E-state index is 0.0632. The van der Waals surface area contributed by atoms with Crippen LogP contribution in [-0.2, 0) is 9.53 Å². The van der Waals surface area contributed by atoms with E-state index in [4.69, 9.17) is 15.6 Å². The fourth-order valence-electron chi connectivity index (χ4n) is 1.60. The Balaban J connectivity index is 2.37. The highest BCUT2D eigenvalue weighted by Crippen LogP contribution is 2.36. The van der Waals surface area contributed by atoms with Crippen LogP contribution in [0.4, 0.5) is 0 Å². The lowest BCUT2D eigenvalue weighted by Crippen LogP contribution is -2.57. The zero-order valence-electron chi connectivity index (χ0n) is 9.04. The second-order valence-electron chi connectivity index (χ2n) is 5.16. The number of aliphatic hydroxyl groups is 1. The second-order valence-corrected chi connectivity index (χ2v) is 5.16. The molecule has 0 radical (unpaired) electrons. The number of carbonyl (C=O) groups excluding carboxylic acids is 1. The van der Waals surface area contributed by atoms with Gasteiger partial charge in [0.15, 0.2) is 0 Å². The van der Waals surface area contributed by atoms with E-state index in [1.165, 1.54) is 0 Å². The number of aliphatic hydroxyl groups excluding tert-OH is 1. The minimum atomic E-state index is -0.554. The summed E-state index contributed by atoms with van der Waals surface area (Å²) < 4.78 is 5.20. The van der Waals surface area contributed by atoms with Crippen molar-refractivity contribution in [3.05, 3.63) is 0 Å². The van der Waals surface area contributed by atoms with Gasteiger partial charge in [-0.25, -0.2) is 0 Å². The van der Waals surface area contributed by atoms with Crippen molar-refractivity contribution in [2.75, 3.05) is 6.61 Å². The van der Waals surface area contributed by atoms with E-state index in [0.717, 1.165) is 0 Å². The Morgan fingerprint density at radius 3 is 2.43 bits per heavy atom. The predicted molar refractivity (Wildman–Crippen MR) is 52.6 cm³/mol. The monoisotopic (exact) mass is 201 g/mol. The van der Waals surface area contributed by atoms with Gasteiger partial charge in [-0.2, -0.15) is 0 Å². The molecular formula is C10H19NO3. The fourth-order valence-corrected chi connectivity index (χ4v) is 1.60. The van der Waals surface area contributed by atoms with Crippen LogP contribution in [0.2, 0.25) is 0 Å². The molecule has 1 aliphatic carbocycles. The van der Waals surface area contributed by atoms with Crippen LogP contribution in [0.15, 0.2) is 0 Å². The summed E-state index contributed by atoms with van der Waals surface area (Å²) in [6.45, 7) is 5.45. The number of carbonyl (C=O) groups is 1. The van der Waals surface area contributed by atoms with Crippen molar-refractivity contribution in [2.45, 2.75) is 44.8 Å². The van der Waals surface area contributed by atoms with Crippen LogP contribution < -0.4 is 5.73 Å². The Morgan fingerprint density at radius 2 is 2.07 bits per heavy atom. The highest BCUT2D eigenvalue weighted by Gasteiger charge is 2.45. The number of esters is 1. The third-order valence-corrected chi connectivity index (χ3v) is 2.36. The fraction of sp³-hybridized carbons (Fsp3) is 0.900. The normalized spacial score (nSPS) is 32.2. The zero-order valence-corrected chi connectivity index (χ0v) is 9.04. The quantitative estimate of drug-likeness (QED) is 0.635. The molecule has 4 nitrogen and oxygen atoms in total. The van der Waals surface area contributed by atoms with Gasteiger partial charge in [-0.05, 0) is 33.6 Å². The lowest BCUT2D eigenvalue weighted by atomic mass is 9.69. The molecule has 1 fully saturated rings. The first-order chi connectivity index (χ1) is 6.26. The molecular weight excluding hydrogens is 182 g/mol. The molecule has 0 spiro atoms. The third kappa shape index (κ3) is 2.69. The molecule has 4 heteroatoms. The smallest absolute Gasteiger partial charge is 0.309 e. The molecule has 1 saturated carbocycles. The first-order valence-corrected chi connectivity index (χ1v) is 4.88. The van der Waals surface area contributed by atoms with E-state index in [1.54, 1.807) is 0 Å². The lowest BCUT2D eigenvalue weighted by Gasteiger charge is -2.42. The number of nitrogens with two attached hydrogens (primary N) is 1. The first-order valence-electron chi connectivity index (χ1n) is 4.88. The van der Waals surface area contributed by atoms with Gasteiger partial charge in [-0.1, -0.05) is 0 Å². The van der Waals surface area contributed by atoms with Crippen molar-refractivity contribution in [2.24, 2.45) is 11.7 Å². The van der Waals surface area contributed by atoms with Gasteiger partial charge in [0.25, 0.3) is 0 Å². The van der Waals surface area contributed by atoms with E-state index < -0.39 is 11.1 Å². The van der Waals surface area contributed by atoms with E-state index in [9.17, 15) is 4.79 Å². The summed E-state index contributed by atoms with van der Waals surface area (Å²) in [7, 11) is 0. The van der Waals surface area contributed by atoms with E-state index in [-0.39, 0.29) is 18.5 Å². The maximum atomic E-state index is 11.5. The molecule has 3 N–H and O–H groups in total. The van der Waals surface area contributed by atoms with Crippen molar-refractivity contribution in [1.29, 1.82) is 0 Å². The van der Waals surface area contributed by atoms with Gasteiger partial charge in [0.1, 0.15) is 5.60 Å². The summed E-state index contributed by atoms with van der Waals surface area (Å²) in [4.78, 5) is 11.5. The maximum absolute atomic E-state index is 11.5.